The van der Waals surface area contributed by atoms with Crippen molar-refractivity contribution in [1.82, 2.24) is 24.6 Å². The maximum atomic E-state index is 13.3. The number of carbonyl (C=O) groups excluding carboxylic acids is 1. The number of hydrogen-bond donors (Lipinski definition) is 1. The van der Waals surface area contributed by atoms with E-state index in [0.29, 0.717) is 38.3 Å². The van der Waals surface area contributed by atoms with Gasteiger partial charge in [0.1, 0.15) is 18.3 Å². The Balaban J connectivity index is 1.38. The number of carbonyl (C=O) groups is 1. The molecule has 166 valence electrons. The lowest BCUT2D eigenvalue weighted by molar-refractivity contribution is -0.112. The molecular weight excluding hydrogens is 406 g/mol. The molecule has 3 heterocycles. The van der Waals surface area contributed by atoms with Crippen molar-refractivity contribution >= 4 is 5.91 Å². The molecule has 1 aromatic heterocycles. The van der Waals surface area contributed by atoms with Gasteiger partial charge in [-0.3, -0.25) is 14.3 Å². The average molecular weight is 434 g/mol. The fraction of sp³-hybridized carbons (Fsp3) is 0.375. The van der Waals surface area contributed by atoms with Crippen molar-refractivity contribution in [3.8, 4) is 5.69 Å². The van der Waals surface area contributed by atoms with Gasteiger partial charge in [-0.15, -0.1) is 10.2 Å². The van der Waals surface area contributed by atoms with Crippen molar-refractivity contribution in [3.63, 3.8) is 0 Å². The number of aromatic nitrogens is 3. The number of hydrogen-bond acceptors (Lipinski definition) is 6. The number of aliphatic hydroxyl groups is 1. The highest BCUT2D eigenvalue weighted by Gasteiger charge is 2.47. The van der Waals surface area contributed by atoms with Crippen LogP contribution in [0.4, 0.5) is 0 Å². The summed E-state index contributed by atoms with van der Waals surface area (Å²) >= 11 is 0. The van der Waals surface area contributed by atoms with Gasteiger partial charge in [0.15, 0.2) is 0 Å². The highest BCUT2D eigenvalue weighted by molar-refractivity contribution is 5.94. The van der Waals surface area contributed by atoms with Gasteiger partial charge >= 0.3 is 0 Å². The molecular formula is C24H27N5O3. The molecule has 3 aromatic rings. The van der Waals surface area contributed by atoms with E-state index in [1.807, 2.05) is 59.5 Å². The first-order valence-corrected chi connectivity index (χ1v) is 11.0. The van der Waals surface area contributed by atoms with Gasteiger partial charge in [0.05, 0.1) is 19.3 Å². The van der Waals surface area contributed by atoms with E-state index in [-0.39, 0.29) is 11.9 Å². The molecule has 0 radical (unpaired) electrons. The summed E-state index contributed by atoms with van der Waals surface area (Å²) in [6.45, 7) is 3.74. The first kappa shape index (κ1) is 20.8. The minimum atomic E-state index is -1.01. The normalized spacial score (nSPS) is 24.4. The van der Waals surface area contributed by atoms with E-state index in [4.69, 9.17) is 4.74 Å². The molecule has 0 saturated carbocycles. The Labute approximate surface area is 187 Å². The molecule has 2 aliphatic heterocycles. The van der Waals surface area contributed by atoms with E-state index in [2.05, 4.69) is 15.1 Å². The monoisotopic (exact) mass is 433 g/mol. The molecule has 0 unspecified atom stereocenters. The number of benzene rings is 2. The number of likely N-dealkylation sites (tertiary alicyclic amines) is 1. The number of nitrogens with zero attached hydrogens (tertiary/aromatic N) is 5. The SMILES string of the molecule is O=C(c1ccc(-n2cnnc2)cc1)N1CC[C@](O)(c2ccccc2)[C@H](N2CCOCC2)C1. The minimum Gasteiger partial charge on any atom is -0.383 e. The average Bonchev–Trinajstić information content (AvgIpc) is 3.40. The van der Waals surface area contributed by atoms with Crippen molar-refractivity contribution in [2.24, 2.45) is 0 Å². The molecule has 8 nitrogen and oxygen atoms in total. The van der Waals surface area contributed by atoms with Crippen LogP contribution in [0.25, 0.3) is 5.69 Å². The van der Waals surface area contributed by atoms with Gasteiger partial charge in [0.25, 0.3) is 5.91 Å². The third kappa shape index (κ3) is 3.92. The summed E-state index contributed by atoms with van der Waals surface area (Å²) in [5.74, 6) is -0.0197. The second kappa shape index (κ2) is 8.82. The first-order valence-electron chi connectivity index (χ1n) is 11.0. The Bertz CT molecular complexity index is 1040. The lowest BCUT2D eigenvalue weighted by atomic mass is 9.79. The minimum absolute atomic E-state index is 0.0197. The van der Waals surface area contributed by atoms with Gasteiger partial charge in [-0.1, -0.05) is 30.3 Å². The highest BCUT2D eigenvalue weighted by atomic mass is 16.5. The fourth-order valence-corrected chi connectivity index (χ4v) is 4.77. The summed E-state index contributed by atoms with van der Waals surface area (Å²) in [7, 11) is 0. The topological polar surface area (TPSA) is 83.7 Å². The van der Waals surface area contributed by atoms with Crippen molar-refractivity contribution in [3.05, 3.63) is 78.4 Å². The predicted octanol–water partition coefficient (Wildman–Crippen LogP) is 1.70. The molecule has 2 aliphatic rings. The predicted molar refractivity (Wildman–Crippen MR) is 118 cm³/mol. The van der Waals surface area contributed by atoms with Crippen molar-refractivity contribution in [2.75, 3.05) is 39.4 Å². The molecule has 8 heteroatoms. The van der Waals surface area contributed by atoms with Gasteiger partial charge in [-0.2, -0.15) is 0 Å². The van der Waals surface area contributed by atoms with Crippen molar-refractivity contribution < 1.29 is 14.6 Å². The molecule has 2 atom stereocenters. The maximum Gasteiger partial charge on any atom is 0.253 e. The highest BCUT2D eigenvalue weighted by Crippen LogP contribution is 2.36. The van der Waals surface area contributed by atoms with E-state index in [1.165, 1.54) is 0 Å². The Hall–Kier alpha value is -3.07. The summed E-state index contributed by atoms with van der Waals surface area (Å²) in [6, 6.07) is 17.1. The zero-order valence-electron chi connectivity index (χ0n) is 17.9. The summed E-state index contributed by atoms with van der Waals surface area (Å²) < 4.78 is 7.33. The molecule has 2 saturated heterocycles. The van der Waals surface area contributed by atoms with Crippen LogP contribution in [-0.2, 0) is 10.3 Å². The van der Waals surface area contributed by atoms with Crippen molar-refractivity contribution in [2.45, 2.75) is 18.1 Å². The van der Waals surface area contributed by atoms with E-state index < -0.39 is 5.60 Å². The molecule has 2 aromatic carbocycles. The van der Waals surface area contributed by atoms with Gasteiger partial charge in [0, 0.05) is 37.4 Å². The summed E-state index contributed by atoms with van der Waals surface area (Å²) in [5.41, 5.74) is 1.43. The molecule has 1 amide bonds. The van der Waals surface area contributed by atoms with Gasteiger partial charge in [-0.25, -0.2) is 0 Å². The quantitative estimate of drug-likeness (QED) is 0.674. The first-order chi connectivity index (χ1) is 15.6. The lowest BCUT2D eigenvalue weighted by Crippen LogP contribution is -2.63. The largest absolute Gasteiger partial charge is 0.383 e. The fourth-order valence-electron chi connectivity index (χ4n) is 4.77. The number of amides is 1. The van der Waals surface area contributed by atoms with E-state index in [1.54, 1.807) is 17.2 Å². The number of morpholine rings is 1. The van der Waals surface area contributed by atoms with Gasteiger partial charge in [-0.05, 0) is 36.2 Å². The van der Waals surface area contributed by atoms with Crippen LogP contribution in [0.1, 0.15) is 22.3 Å². The second-order valence-corrected chi connectivity index (χ2v) is 8.37. The Morgan fingerprint density at radius 3 is 2.34 bits per heavy atom. The maximum absolute atomic E-state index is 13.3. The molecule has 32 heavy (non-hydrogen) atoms. The molecule has 5 rings (SSSR count). The Morgan fingerprint density at radius 2 is 1.66 bits per heavy atom. The number of piperidine rings is 1. The van der Waals surface area contributed by atoms with E-state index in [0.717, 1.165) is 24.3 Å². The molecule has 0 aliphatic carbocycles. The van der Waals surface area contributed by atoms with Crippen LogP contribution in [0.2, 0.25) is 0 Å². The standard InChI is InChI=1S/C24H27N5O3/c30-23(19-6-8-21(9-7-19)29-17-25-26-18-29)28-11-10-24(31,20-4-2-1-3-5-20)22(16-28)27-12-14-32-15-13-27/h1-9,17-18,22,31H,10-16H2/t22-,24+/m1/s1. The Morgan fingerprint density at radius 1 is 0.969 bits per heavy atom. The van der Waals surface area contributed by atoms with E-state index in [9.17, 15) is 9.90 Å². The van der Waals surface area contributed by atoms with Gasteiger partial charge in [0.2, 0.25) is 0 Å². The van der Waals surface area contributed by atoms with Crippen LogP contribution >= 0.6 is 0 Å². The van der Waals surface area contributed by atoms with Crippen LogP contribution in [0, 0.1) is 0 Å². The molecule has 2 fully saturated rings. The summed E-state index contributed by atoms with van der Waals surface area (Å²) in [4.78, 5) is 17.5. The summed E-state index contributed by atoms with van der Waals surface area (Å²) in [5, 5.41) is 19.5. The lowest BCUT2D eigenvalue weighted by Gasteiger charge is -2.50. The Kier molecular flexibility index (Phi) is 5.73. The van der Waals surface area contributed by atoms with Gasteiger partial charge < -0.3 is 14.7 Å². The molecule has 0 spiro atoms. The zero-order valence-corrected chi connectivity index (χ0v) is 17.9. The van der Waals surface area contributed by atoms with E-state index >= 15 is 0 Å². The number of ether oxygens (including phenoxy) is 1. The van der Waals surface area contributed by atoms with Crippen LogP contribution in [-0.4, -0.2) is 81.0 Å². The second-order valence-electron chi connectivity index (χ2n) is 8.37. The third-order valence-corrected chi connectivity index (χ3v) is 6.59. The van der Waals surface area contributed by atoms with Crippen LogP contribution < -0.4 is 0 Å². The third-order valence-electron chi connectivity index (χ3n) is 6.59. The van der Waals surface area contributed by atoms with Crippen LogP contribution in [0.3, 0.4) is 0 Å². The number of rotatable bonds is 4. The molecule has 1 N–H and O–H groups in total. The zero-order chi connectivity index (χ0) is 22.0. The summed E-state index contributed by atoms with van der Waals surface area (Å²) in [6.07, 6.45) is 3.74. The molecule has 0 bridgehead atoms. The van der Waals surface area contributed by atoms with Crippen LogP contribution in [0.5, 0.6) is 0 Å². The van der Waals surface area contributed by atoms with Crippen LogP contribution in [0.15, 0.2) is 67.3 Å². The van der Waals surface area contributed by atoms with Crippen molar-refractivity contribution in [1.29, 1.82) is 0 Å². The smallest absolute Gasteiger partial charge is 0.253 e.